The van der Waals surface area contributed by atoms with Crippen LogP contribution in [0.25, 0.3) is 0 Å². The first-order valence-electron chi connectivity index (χ1n) is 6.51. The van der Waals surface area contributed by atoms with Crippen LogP contribution in [0.3, 0.4) is 0 Å². The van der Waals surface area contributed by atoms with Crippen molar-refractivity contribution in [2.45, 2.75) is 37.1 Å². The maximum atomic E-state index is 12.6. The lowest BCUT2D eigenvalue weighted by molar-refractivity contribution is -0.385. The predicted octanol–water partition coefficient (Wildman–Crippen LogP) is 1.97. The summed E-state index contributed by atoms with van der Waals surface area (Å²) in [7, 11) is -3.81. The van der Waals surface area contributed by atoms with E-state index in [1.807, 2.05) is 6.07 Å². The number of nitro groups is 1. The highest BCUT2D eigenvalue weighted by atomic mass is 32.2. The molecule has 0 aromatic heterocycles. The minimum atomic E-state index is -3.81. The monoisotopic (exact) mass is 309 g/mol. The van der Waals surface area contributed by atoms with Crippen LogP contribution in [-0.2, 0) is 10.0 Å². The zero-order chi connectivity index (χ0) is 15.6. The molecule has 8 heteroatoms. The van der Waals surface area contributed by atoms with Crippen molar-refractivity contribution in [3.05, 3.63) is 33.9 Å². The molecule has 0 amide bonds. The summed E-state index contributed by atoms with van der Waals surface area (Å²) in [6.07, 6.45) is 1.63. The Morgan fingerprint density at radius 2 is 2.14 bits per heavy atom. The lowest BCUT2D eigenvalue weighted by atomic mass is 10.2. The Morgan fingerprint density at radius 1 is 1.48 bits per heavy atom. The van der Waals surface area contributed by atoms with Gasteiger partial charge in [0.05, 0.1) is 15.9 Å². The summed E-state index contributed by atoms with van der Waals surface area (Å²) in [5, 5.41) is 19.6. The fourth-order valence-electron chi connectivity index (χ4n) is 2.10. The van der Waals surface area contributed by atoms with Gasteiger partial charge >= 0.3 is 0 Å². The van der Waals surface area contributed by atoms with Gasteiger partial charge in [-0.1, -0.05) is 6.07 Å². The Morgan fingerprint density at radius 3 is 2.67 bits per heavy atom. The molecular formula is C13H15N3O4S. The fourth-order valence-corrected chi connectivity index (χ4v) is 3.81. The molecule has 1 fully saturated rings. The third kappa shape index (κ3) is 3.20. The van der Waals surface area contributed by atoms with E-state index >= 15 is 0 Å². The highest BCUT2D eigenvalue weighted by Crippen LogP contribution is 2.33. The van der Waals surface area contributed by atoms with Crippen LogP contribution in [0.1, 0.15) is 24.8 Å². The van der Waals surface area contributed by atoms with Gasteiger partial charge in [-0.15, -0.1) is 0 Å². The van der Waals surface area contributed by atoms with E-state index in [9.17, 15) is 18.5 Å². The van der Waals surface area contributed by atoms with Crippen LogP contribution in [-0.4, -0.2) is 30.2 Å². The maximum absolute atomic E-state index is 12.6. The van der Waals surface area contributed by atoms with E-state index < -0.39 is 14.9 Å². The fraction of sp³-hybridized carbons (Fsp3) is 0.462. The van der Waals surface area contributed by atoms with Crippen molar-refractivity contribution in [3.63, 3.8) is 0 Å². The molecule has 1 aromatic rings. The zero-order valence-electron chi connectivity index (χ0n) is 11.5. The van der Waals surface area contributed by atoms with Gasteiger partial charge < -0.3 is 0 Å². The molecule has 0 atom stereocenters. The second kappa shape index (κ2) is 5.79. The standard InChI is InChI=1S/C13H15N3O4S/c1-10-3-6-12(9-13(10)16(17)18)21(19,20)15(8-2-7-14)11-4-5-11/h3,6,9,11H,2,4-5,8H2,1H3. The molecular weight excluding hydrogens is 294 g/mol. The molecule has 21 heavy (non-hydrogen) atoms. The highest BCUT2D eigenvalue weighted by molar-refractivity contribution is 7.89. The molecule has 0 aliphatic heterocycles. The summed E-state index contributed by atoms with van der Waals surface area (Å²) < 4.78 is 26.5. The molecule has 1 aliphatic carbocycles. The second-order valence-electron chi connectivity index (χ2n) is 4.96. The van der Waals surface area contributed by atoms with Crippen molar-refractivity contribution >= 4 is 15.7 Å². The third-order valence-corrected chi connectivity index (χ3v) is 5.33. The van der Waals surface area contributed by atoms with Crippen LogP contribution in [0, 0.1) is 28.4 Å². The first-order valence-corrected chi connectivity index (χ1v) is 7.95. The van der Waals surface area contributed by atoms with Gasteiger partial charge in [0.15, 0.2) is 0 Å². The number of nitrogens with zero attached hydrogens (tertiary/aromatic N) is 3. The molecule has 0 bridgehead atoms. The predicted molar refractivity (Wildman–Crippen MR) is 75.0 cm³/mol. The number of nitriles is 1. The molecule has 0 N–H and O–H groups in total. The minimum Gasteiger partial charge on any atom is -0.258 e. The lowest BCUT2D eigenvalue weighted by Gasteiger charge is -2.20. The number of sulfonamides is 1. The molecule has 1 saturated carbocycles. The first-order chi connectivity index (χ1) is 9.87. The largest absolute Gasteiger partial charge is 0.273 e. The van der Waals surface area contributed by atoms with Gasteiger partial charge in [-0.2, -0.15) is 9.57 Å². The Balaban J connectivity index is 2.40. The molecule has 1 aliphatic rings. The normalized spacial score (nSPS) is 14.9. The van der Waals surface area contributed by atoms with Gasteiger partial charge in [0.1, 0.15) is 0 Å². The van der Waals surface area contributed by atoms with Gasteiger partial charge in [0, 0.05) is 30.6 Å². The lowest BCUT2D eigenvalue weighted by Crippen LogP contribution is -2.34. The van der Waals surface area contributed by atoms with Gasteiger partial charge in [0.2, 0.25) is 10.0 Å². The topological polar surface area (TPSA) is 104 Å². The molecule has 0 radical (unpaired) electrons. The summed E-state index contributed by atoms with van der Waals surface area (Å²) in [5.41, 5.74) is 0.195. The van der Waals surface area contributed by atoms with Crippen LogP contribution < -0.4 is 0 Å². The zero-order valence-corrected chi connectivity index (χ0v) is 12.3. The van der Waals surface area contributed by atoms with Crippen molar-refractivity contribution in [1.82, 2.24) is 4.31 Å². The molecule has 1 aromatic carbocycles. The first kappa shape index (κ1) is 15.4. The van der Waals surface area contributed by atoms with E-state index in [1.165, 1.54) is 16.4 Å². The van der Waals surface area contributed by atoms with Crippen molar-refractivity contribution in [3.8, 4) is 6.07 Å². The Bertz CT molecular complexity index is 705. The quantitative estimate of drug-likeness (QED) is 0.590. The van der Waals surface area contributed by atoms with Gasteiger partial charge in [0.25, 0.3) is 5.69 Å². The number of benzene rings is 1. The van der Waals surface area contributed by atoms with Crippen molar-refractivity contribution in [2.24, 2.45) is 0 Å². The van der Waals surface area contributed by atoms with Crippen molar-refractivity contribution in [1.29, 1.82) is 5.26 Å². The van der Waals surface area contributed by atoms with E-state index in [0.717, 1.165) is 18.9 Å². The van der Waals surface area contributed by atoms with E-state index in [0.29, 0.717) is 5.56 Å². The summed E-state index contributed by atoms with van der Waals surface area (Å²) in [6, 6.07) is 5.73. The van der Waals surface area contributed by atoms with E-state index in [-0.39, 0.29) is 29.6 Å². The minimum absolute atomic E-state index is 0.0929. The number of aryl methyl sites for hydroxylation is 1. The van der Waals surface area contributed by atoms with Gasteiger partial charge in [-0.3, -0.25) is 10.1 Å². The van der Waals surface area contributed by atoms with Crippen LogP contribution in [0.15, 0.2) is 23.1 Å². The van der Waals surface area contributed by atoms with E-state index in [2.05, 4.69) is 0 Å². The molecule has 0 spiro atoms. The summed E-state index contributed by atoms with van der Waals surface area (Å²) in [4.78, 5) is 10.3. The molecule has 2 rings (SSSR count). The highest BCUT2D eigenvalue weighted by Gasteiger charge is 2.38. The molecule has 0 saturated heterocycles. The summed E-state index contributed by atoms with van der Waals surface area (Å²) >= 11 is 0. The molecule has 7 nitrogen and oxygen atoms in total. The number of hydrogen-bond acceptors (Lipinski definition) is 5. The summed E-state index contributed by atoms with van der Waals surface area (Å²) in [5.74, 6) is 0. The SMILES string of the molecule is Cc1ccc(S(=O)(=O)N(CCC#N)C2CC2)cc1[N+](=O)[O-]. The van der Waals surface area contributed by atoms with Gasteiger partial charge in [-0.05, 0) is 25.8 Å². The summed E-state index contributed by atoms with van der Waals surface area (Å²) in [6.45, 7) is 1.67. The average molecular weight is 309 g/mol. The van der Waals surface area contributed by atoms with Gasteiger partial charge in [-0.25, -0.2) is 8.42 Å². The molecule has 0 unspecified atom stereocenters. The second-order valence-corrected chi connectivity index (χ2v) is 6.85. The van der Waals surface area contributed by atoms with Crippen LogP contribution in [0.4, 0.5) is 5.69 Å². The van der Waals surface area contributed by atoms with Crippen molar-refractivity contribution in [2.75, 3.05) is 6.54 Å². The van der Waals surface area contributed by atoms with Crippen LogP contribution in [0.5, 0.6) is 0 Å². The number of hydrogen-bond donors (Lipinski definition) is 0. The molecule has 112 valence electrons. The Kier molecular flexibility index (Phi) is 4.25. The van der Waals surface area contributed by atoms with Crippen LogP contribution in [0.2, 0.25) is 0 Å². The third-order valence-electron chi connectivity index (χ3n) is 3.38. The molecule has 0 heterocycles. The maximum Gasteiger partial charge on any atom is 0.273 e. The number of rotatable bonds is 6. The van der Waals surface area contributed by atoms with Crippen LogP contribution >= 0.6 is 0 Å². The van der Waals surface area contributed by atoms with E-state index in [1.54, 1.807) is 6.92 Å². The Labute approximate surface area is 123 Å². The van der Waals surface area contributed by atoms with E-state index in [4.69, 9.17) is 5.26 Å². The average Bonchev–Trinajstić information content (AvgIpc) is 3.23. The smallest absolute Gasteiger partial charge is 0.258 e. The van der Waals surface area contributed by atoms with Crippen molar-refractivity contribution < 1.29 is 13.3 Å². The Hall–Kier alpha value is -1.98. The number of nitro benzene ring substituents is 1.